The lowest BCUT2D eigenvalue weighted by Gasteiger charge is -2.38. The van der Waals surface area contributed by atoms with Gasteiger partial charge in [0.05, 0.1) is 5.60 Å². The van der Waals surface area contributed by atoms with Crippen LogP contribution in [0.4, 0.5) is 4.79 Å². The number of aliphatic hydroxyl groups is 1. The molecule has 0 saturated carbocycles. The minimum atomic E-state index is -0.994. The smallest absolute Gasteiger partial charge is 0.410 e. The first-order chi connectivity index (χ1) is 13.8. The number of nitrogens with one attached hydrogen (secondary N) is 1. The maximum atomic E-state index is 12.1. The zero-order chi connectivity index (χ0) is 21.0. The average molecular weight is 417 g/mol. The Morgan fingerprint density at radius 2 is 1.76 bits per heavy atom. The predicted molar refractivity (Wildman–Crippen MR) is 112 cm³/mol. The number of carbonyl (C=O) groups excluding carboxylic acids is 2. The summed E-state index contributed by atoms with van der Waals surface area (Å²) < 4.78 is 4.97. The monoisotopic (exact) mass is 416 g/mol. The minimum absolute atomic E-state index is 0.304. The number of halogens is 1. The van der Waals surface area contributed by atoms with E-state index in [1.54, 1.807) is 0 Å². The molecule has 0 aliphatic carbocycles. The molecule has 1 aliphatic rings. The van der Waals surface area contributed by atoms with Gasteiger partial charge in [0.25, 0.3) is 5.91 Å². The van der Waals surface area contributed by atoms with Gasteiger partial charge in [-0.25, -0.2) is 4.79 Å². The highest BCUT2D eigenvalue weighted by atomic mass is 35.5. The number of likely N-dealkylation sites (tertiary alicyclic amines) is 1. The van der Waals surface area contributed by atoms with E-state index in [9.17, 15) is 14.7 Å². The van der Waals surface area contributed by atoms with Crippen molar-refractivity contribution >= 4 is 23.6 Å². The summed E-state index contributed by atoms with van der Waals surface area (Å²) in [6.07, 6.45) is 0.271. The van der Waals surface area contributed by atoms with E-state index in [1.807, 2.05) is 49.4 Å². The van der Waals surface area contributed by atoms with Crippen molar-refractivity contribution in [3.05, 3.63) is 58.6 Å². The number of amides is 2. The van der Waals surface area contributed by atoms with Crippen molar-refractivity contribution in [3.8, 4) is 11.1 Å². The molecule has 2 aromatic rings. The second kappa shape index (κ2) is 8.84. The second-order valence-corrected chi connectivity index (χ2v) is 7.69. The van der Waals surface area contributed by atoms with Gasteiger partial charge < -0.3 is 20.1 Å². The molecule has 3 rings (SSSR count). The summed E-state index contributed by atoms with van der Waals surface area (Å²) in [5, 5.41) is 14.2. The molecule has 2 amide bonds. The lowest BCUT2D eigenvalue weighted by Crippen LogP contribution is -2.45. The van der Waals surface area contributed by atoms with E-state index in [0.717, 1.165) is 27.3 Å². The summed E-state index contributed by atoms with van der Waals surface area (Å²) in [6, 6.07) is 13.7. The third-order valence-corrected chi connectivity index (χ3v) is 5.79. The first-order valence-corrected chi connectivity index (χ1v) is 9.92. The number of aryl methyl sites for hydroxylation is 1. The molecule has 154 valence electrons. The fourth-order valence-corrected chi connectivity index (χ4v) is 3.55. The molecular weight excluding hydrogens is 392 g/mol. The van der Waals surface area contributed by atoms with Gasteiger partial charge in [-0.05, 0) is 54.2 Å². The minimum Gasteiger partial charge on any atom is -0.439 e. The third kappa shape index (κ3) is 4.89. The molecule has 1 heterocycles. The number of ether oxygens (including phenoxy) is 1. The molecule has 7 heteroatoms. The second-order valence-electron chi connectivity index (χ2n) is 7.29. The standard InChI is InChI=1S/C22H25ClN2O4/c1-15-13-17(5-8-19(15)23)16-3-6-18(7-4-16)22(28)9-11-25(12-10-22)21(27)29-14-20(26)24-2/h3-8,13,28H,9-12,14H2,1-2H3,(H,24,26). The van der Waals surface area contributed by atoms with Crippen molar-refractivity contribution in [2.24, 2.45) is 0 Å². The molecule has 1 aliphatic heterocycles. The van der Waals surface area contributed by atoms with Gasteiger partial charge >= 0.3 is 6.09 Å². The zero-order valence-electron chi connectivity index (χ0n) is 16.6. The largest absolute Gasteiger partial charge is 0.439 e. The maximum Gasteiger partial charge on any atom is 0.410 e. The average Bonchev–Trinajstić information content (AvgIpc) is 2.74. The van der Waals surface area contributed by atoms with E-state index in [4.69, 9.17) is 16.3 Å². The van der Waals surface area contributed by atoms with E-state index < -0.39 is 11.7 Å². The molecule has 29 heavy (non-hydrogen) atoms. The van der Waals surface area contributed by atoms with Crippen molar-refractivity contribution < 1.29 is 19.4 Å². The normalized spacial score (nSPS) is 15.7. The lowest BCUT2D eigenvalue weighted by molar-refractivity contribution is -0.124. The Hall–Kier alpha value is -2.57. The van der Waals surface area contributed by atoms with Gasteiger partial charge in [-0.1, -0.05) is 41.9 Å². The van der Waals surface area contributed by atoms with Gasteiger partial charge in [-0.2, -0.15) is 0 Å². The highest BCUT2D eigenvalue weighted by Crippen LogP contribution is 2.34. The van der Waals surface area contributed by atoms with Crippen LogP contribution < -0.4 is 5.32 Å². The van der Waals surface area contributed by atoms with Gasteiger partial charge in [0.1, 0.15) is 0 Å². The molecule has 1 saturated heterocycles. The highest BCUT2D eigenvalue weighted by molar-refractivity contribution is 6.31. The van der Waals surface area contributed by atoms with Gasteiger partial charge in [-0.15, -0.1) is 0 Å². The van der Waals surface area contributed by atoms with Gasteiger partial charge in [0.15, 0.2) is 6.61 Å². The number of piperidine rings is 1. The Morgan fingerprint density at radius 1 is 1.14 bits per heavy atom. The van der Waals surface area contributed by atoms with E-state index in [1.165, 1.54) is 11.9 Å². The van der Waals surface area contributed by atoms with Crippen LogP contribution in [0.15, 0.2) is 42.5 Å². The Kier molecular flexibility index (Phi) is 6.45. The number of hydrogen-bond donors (Lipinski definition) is 2. The van der Waals surface area contributed by atoms with Crippen LogP contribution in [0.2, 0.25) is 5.02 Å². The van der Waals surface area contributed by atoms with Crippen molar-refractivity contribution in [1.82, 2.24) is 10.2 Å². The highest BCUT2D eigenvalue weighted by Gasteiger charge is 2.36. The summed E-state index contributed by atoms with van der Waals surface area (Å²) in [5.74, 6) is -0.358. The number of rotatable bonds is 4. The Labute approximate surface area is 175 Å². The summed E-state index contributed by atoms with van der Waals surface area (Å²) in [7, 11) is 1.48. The molecular formula is C22H25ClN2O4. The molecule has 2 N–H and O–H groups in total. The van der Waals surface area contributed by atoms with Crippen molar-refractivity contribution in [2.75, 3.05) is 26.7 Å². The fourth-order valence-electron chi connectivity index (χ4n) is 3.44. The van der Waals surface area contributed by atoms with Crippen LogP contribution in [0.5, 0.6) is 0 Å². The van der Waals surface area contributed by atoms with E-state index in [0.29, 0.717) is 25.9 Å². The fraction of sp³-hybridized carbons (Fsp3) is 0.364. The summed E-state index contributed by atoms with van der Waals surface area (Å²) in [4.78, 5) is 24.8. The third-order valence-electron chi connectivity index (χ3n) is 5.37. The first kappa shape index (κ1) is 21.1. The predicted octanol–water partition coefficient (Wildman–Crippen LogP) is 3.48. The summed E-state index contributed by atoms with van der Waals surface area (Å²) >= 11 is 6.10. The van der Waals surface area contributed by atoms with Crippen LogP contribution in [-0.2, 0) is 15.1 Å². The topological polar surface area (TPSA) is 78.9 Å². The van der Waals surface area contributed by atoms with Gasteiger partial charge in [-0.3, -0.25) is 4.79 Å². The van der Waals surface area contributed by atoms with Crippen LogP contribution in [0.25, 0.3) is 11.1 Å². The number of carbonyl (C=O) groups is 2. The van der Waals surface area contributed by atoms with E-state index >= 15 is 0 Å². The number of likely N-dealkylation sites (N-methyl/N-ethyl adjacent to an activating group) is 1. The van der Waals surface area contributed by atoms with Gasteiger partial charge in [0, 0.05) is 25.2 Å². The van der Waals surface area contributed by atoms with Crippen LogP contribution in [-0.4, -0.2) is 48.8 Å². The van der Waals surface area contributed by atoms with Crippen molar-refractivity contribution in [3.63, 3.8) is 0 Å². The molecule has 0 aromatic heterocycles. The Balaban J connectivity index is 1.63. The van der Waals surface area contributed by atoms with E-state index in [-0.39, 0.29) is 12.5 Å². The zero-order valence-corrected chi connectivity index (χ0v) is 17.3. The number of hydrogen-bond acceptors (Lipinski definition) is 4. The van der Waals surface area contributed by atoms with Crippen LogP contribution >= 0.6 is 11.6 Å². The summed E-state index contributed by atoms with van der Waals surface area (Å²) in [5.41, 5.74) is 2.96. The quantitative estimate of drug-likeness (QED) is 0.799. The summed E-state index contributed by atoms with van der Waals surface area (Å²) in [6.45, 7) is 2.39. The molecule has 0 unspecified atom stereocenters. The van der Waals surface area contributed by atoms with Crippen LogP contribution in [0.1, 0.15) is 24.0 Å². The maximum absolute atomic E-state index is 12.1. The molecule has 6 nitrogen and oxygen atoms in total. The lowest BCUT2D eigenvalue weighted by atomic mass is 9.84. The molecule has 1 fully saturated rings. The molecule has 0 atom stereocenters. The number of benzene rings is 2. The van der Waals surface area contributed by atoms with Crippen molar-refractivity contribution in [1.29, 1.82) is 0 Å². The van der Waals surface area contributed by atoms with Crippen LogP contribution in [0, 0.1) is 6.92 Å². The first-order valence-electron chi connectivity index (χ1n) is 9.54. The molecule has 2 aromatic carbocycles. The molecule has 0 bridgehead atoms. The van der Waals surface area contributed by atoms with Crippen LogP contribution in [0.3, 0.4) is 0 Å². The van der Waals surface area contributed by atoms with E-state index in [2.05, 4.69) is 5.32 Å². The molecule has 0 radical (unpaired) electrons. The SMILES string of the molecule is CNC(=O)COC(=O)N1CCC(O)(c2ccc(-c3ccc(Cl)c(C)c3)cc2)CC1. The number of nitrogens with zero attached hydrogens (tertiary/aromatic N) is 1. The Bertz CT molecular complexity index is 890. The van der Waals surface area contributed by atoms with Gasteiger partial charge in [0.2, 0.25) is 0 Å². The Morgan fingerprint density at radius 3 is 2.34 bits per heavy atom. The molecule has 0 spiro atoms. The van der Waals surface area contributed by atoms with Crippen molar-refractivity contribution in [2.45, 2.75) is 25.4 Å².